The Hall–Kier alpha value is -4.06. The SMILES string of the molecule is CCCCCCc1ccc(-c2cc(C=C(C#N)C#N)c(-c3ccc(-c4sc(-c5ccc(C)s5)cc4C=C(C#N)C#N)s3)s2)s1. The maximum Gasteiger partial charge on any atom is 0.130 e. The normalized spacial score (nSPS) is 10.4. The molecular formula is C35H26N4S5. The first-order chi connectivity index (χ1) is 21.5. The summed E-state index contributed by atoms with van der Waals surface area (Å²) in [6.45, 7) is 4.30. The Labute approximate surface area is 278 Å². The Morgan fingerprint density at radius 1 is 0.591 bits per heavy atom. The van der Waals surface area contributed by atoms with Gasteiger partial charge in [-0.05, 0) is 91.6 Å². The summed E-state index contributed by atoms with van der Waals surface area (Å²) in [6, 6.07) is 24.9. The van der Waals surface area contributed by atoms with Crippen LogP contribution in [0.4, 0.5) is 0 Å². The van der Waals surface area contributed by atoms with E-state index < -0.39 is 0 Å². The zero-order chi connectivity index (χ0) is 31.1. The summed E-state index contributed by atoms with van der Waals surface area (Å²) in [5, 5.41) is 37.9. The third kappa shape index (κ3) is 7.18. The van der Waals surface area contributed by atoms with Crippen LogP contribution in [0.1, 0.15) is 53.5 Å². The van der Waals surface area contributed by atoms with Crippen molar-refractivity contribution < 1.29 is 0 Å². The highest BCUT2D eigenvalue weighted by atomic mass is 32.1. The quantitative estimate of drug-likeness (QED) is 0.104. The van der Waals surface area contributed by atoms with Crippen LogP contribution in [0.3, 0.4) is 0 Å². The minimum Gasteiger partial charge on any atom is -0.192 e. The van der Waals surface area contributed by atoms with E-state index in [-0.39, 0.29) is 11.1 Å². The summed E-state index contributed by atoms with van der Waals surface area (Å²) in [4.78, 5) is 11.2. The fourth-order valence-electron chi connectivity index (χ4n) is 4.66. The highest BCUT2D eigenvalue weighted by Gasteiger charge is 2.19. The Morgan fingerprint density at radius 2 is 1.11 bits per heavy atom. The Balaban J connectivity index is 1.55. The van der Waals surface area contributed by atoms with Crippen LogP contribution in [-0.2, 0) is 6.42 Å². The first-order valence-corrected chi connectivity index (χ1v) is 18.1. The lowest BCUT2D eigenvalue weighted by Crippen LogP contribution is -1.80. The van der Waals surface area contributed by atoms with Crippen LogP contribution in [0.2, 0.25) is 0 Å². The van der Waals surface area contributed by atoms with Crippen molar-refractivity contribution in [1.29, 1.82) is 21.0 Å². The maximum absolute atomic E-state index is 9.51. The molecule has 0 N–H and O–H groups in total. The van der Waals surface area contributed by atoms with E-state index in [9.17, 15) is 21.0 Å². The molecule has 0 aliphatic rings. The molecule has 0 saturated heterocycles. The number of hydrogen-bond donors (Lipinski definition) is 0. The van der Waals surface area contributed by atoms with Crippen molar-refractivity contribution in [3.05, 3.63) is 80.6 Å². The molecule has 0 atom stereocenters. The van der Waals surface area contributed by atoms with Crippen molar-refractivity contribution in [3.63, 3.8) is 0 Å². The number of aryl methyl sites for hydroxylation is 2. The second kappa shape index (κ2) is 14.6. The average molecular weight is 663 g/mol. The number of unbranched alkanes of at least 4 members (excludes halogenated alkanes) is 3. The summed E-state index contributed by atoms with van der Waals surface area (Å²) in [6.07, 6.45) is 9.36. The van der Waals surface area contributed by atoms with Gasteiger partial charge in [0.2, 0.25) is 0 Å². The number of nitrogens with zero attached hydrogens (tertiary/aromatic N) is 4. The lowest BCUT2D eigenvalue weighted by molar-refractivity contribution is 0.670. The van der Waals surface area contributed by atoms with Gasteiger partial charge in [-0.3, -0.25) is 0 Å². The van der Waals surface area contributed by atoms with Gasteiger partial charge in [0.05, 0.1) is 9.75 Å². The third-order valence-corrected chi connectivity index (χ3v) is 13.1. The van der Waals surface area contributed by atoms with E-state index >= 15 is 0 Å². The van der Waals surface area contributed by atoms with Crippen molar-refractivity contribution in [1.82, 2.24) is 0 Å². The summed E-state index contributed by atoms with van der Waals surface area (Å²) in [7, 11) is 0. The topological polar surface area (TPSA) is 95.2 Å². The van der Waals surface area contributed by atoms with Crippen LogP contribution in [-0.4, -0.2) is 0 Å². The van der Waals surface area contributed by atoms with Crippen molar-refractivity contribution >= 4 is 68.8 Å². The first kappa shape index (κ1) is 31.4. The highest BCUT2D eigenvalue weighted by molar-refractivity contribution is 7.30. The van der Waals surface area contributed by atoms with Crippen LogP contribution in [0.5, 0.6) is 0 Å². The van der Waals surface area contributed by atoms with Gasteiger partial charge in [-0.15, -0.1) is 56.7 Å². The second-order valence-electron chi connectivity index (χ2n) is 10.0. The maximum atomic E-state index is 9.51. The van der Waals surface area contributed by atoms with E-state index in [1.54, 1.807) is 57.5 Å². The summed E-state index contributed by atoms with van der Waals surface area (Å²) < 4.78 is 0. The molecule has 0 radical (unpaired) electrons. The van der Waals surface area contributed by atoms with Gasteiger partial charge in [0.1, 0.15) is 35.4 Å². The number of allylic oxidation sites excluding steroid dienone is 2. The lowest BCUT2D eigenvalue weighted by atomic mass is 10.1. The molecule has 0 aliphatic heterocycles. The molecule has 0 spiro atoms. The minimum atomic E-state index is 0.0614. The van der Waals surface area contributed by atoms with Crippen LogP contribution >= 0.6 is 56.7 Å². The molecule has 5 aromatic heterocycles. The van der Waals surface area contributed by atoms with Gasteiger partial charge in [-0.25, -0.2) is 0 Å². The molecule has 0 bridgehead atoms. The van der Waals surface area contributed by atoms with Gasteiger partial charge in [-0.1, -0.05) is 26.2 Å². The molecule has 44 heavy (non-hydrogen) atoms. The minimum absolute atomic E-state index is 0.0614. The predicted molar refractivity (Wildman–Crippen MR) is 189 cm³/mol. The molecule has 9 heteroatoms. The molecule has 216 valence electrons. The smallest absolute Gasteiger partial charge is 0.130 e. The largest absolute Gasteiger partial charge is 0.192 e. The number of hydrogen-bond acceptors (Lipinski definition) is 9. The Bertz CT molecular complexity index is 2000. The number of thiophene rings is 5. The average Bonchev–Trinajstić information content (AvgIpc) is 3.86. The molecule has 0 unspecified atom stereocenters. The van der Waals surface area contributed by atoms with Gasteiger partial charge in [0, 0.05) is 39.0 Å². The summed E-state index contributed by atoms with van der Waals surface area (Å²) in [5.41, 5.74) is 1.83. The van der Waals surface area contributed by atoms with Crippen molar-refractivity contribution in [2.24, 2.45) is 0 Å². The molecule has 4 nitrogen and oxygen atoms in total. The van der Waals surface area contributed by atoms with Gasteiger partial charge in [0.25, 0.3) is 0 Å². The standard InChI is InChI=1S/C35H26N4S5/c1-3-4-5-6-7-27-9-11-29(41-27)33-17-26(15-24(20-38)21-39)35(44-33)31-13-12-30(42-31)34-25(14-23(18-36)19-37)16-32(43-34)28-10-8-22(2)40-28/h8-17H,3-7H2,1-2H3. The zero-order valence-corrected chi connectivity index (χ0v) is 28.2. The molecular weight excluding hydrogens is 637 g/mol. The van der Waals surface area contributed by atoms with Crippen molar-refractivity contribution in [2.75, 3.05) is 0 Å². The first-order valence-electron chi connectivity index (χ1n) is 14.0. The fraction of sp³-hybridized carbons (Fsp3) is 0.200. The van der Waals surface area contributed by atoms with Gasteiger partial charge >= 0.3 is 0 Å². The van der Waals surface area contributed by atoms with Crippen LogP contribution in [0.15, 0.2) is 59.7 Å². The highest BCUT2D eigenvalue weighted by Crippen LogP contribution is 2.48. The summed E-state index contributed by atoms with van der Waals surface area (Å²) in [5.74, 6) is 0. The monoisotopic (exact) mass is 662 g/mol. The lowest BCUT2D eigenvalue weighted by Gasteiger charge is -1.97. The second-order valence-corrected chi connectivity index (χ2v) is 15.6. The van der Waals surface area contributed by atoms with Crippen LogP contribution in [0, 0.1) is 52.2 Å². The molecule has 0 aromatic carbocycles. The third-order valence-electron chi connectivity index (χ3n) is 6.82. The molecule has 0 fully saturated rings. The van der Waals surface area contributed by atoms with Crippen LogP contribution < -0.4 is 0 Å². The molecule has 0 aliphatic carbocycles. The summed E-state index contributed by atoms with van der Waals surface area (Å²) >= 11 is 8.49. The number of nitriles is 4. The predicted octanol–water partition coefficient (Wildman–Crippen LogP) is 12.0. The Kier molecular flexibility index (Phi) is 10.4. The molecule has 0 amide bonds. The van der Waals surface area contributed by atoms with E-state index in [1.807, 2.05) is 35.6 Å². The molecule has 5 heterocycles. The van der Waals surface area contributed by atoms with Gasteiger partial charge in [-0.2, -0.15) is 21.0 Å². The van der Waals surface area contributed by atoms with Crippen molar-refractivity contribution in [3.8, 4) is 63.3 Å². The van der Waals surface area contributed by atoms with Crippen molar-refractivity contribution in [2.45, 2.75) is 46.0 Å². The van der Waals surface area contributed by atoms with E-state index in [4.69, 9.17) is 0 Å². The molecule has 5 rings (SSSR count). The number of rotatable bonds is 11. The molecule has 5 aromatic rings. The van der Waals surface area contributed by atoms with Gasteiger partial charge in [0.15, 0.2) is 0 Å². The van der Waals surface area contributed by atoms with E-state index in [0.29, 0.717) is 0 Å². The van der Waals surface area contributed by atoms with E-state index in [2.05, 4.69) is 62.4 Å². The Morgan fingerprint density at radius 3 is 1.61 bits per heavy atom. The van der Waals surface area contributed by atoms with Gasteiger partial charge < -0.3 is 0 Å². The van der Waals surface area contributed by atoms with Crippen LogP contribution in [0.25, 0.3) is 51.2 Å². The van der Waals surface area contributed by atoms with E-state index in [0.717, 1.165) is 51.7 Å². The zero-order valence-electron chi connectivity index (χ0n) is 24.1. The molecule has 0 saturated carbocycles. The fourth-order valence-corrected chi connectivity index (χ4v) is 10.3. The van der Waals surface area contributed by atoms with E-state index in [1.165, 1.54) is 40.3 Å².